The summed E-state index contributed by atoms with van der Waals surface area (Å²) in [7, 11) is 0. The standard InChI is InChI=1S/C9H14F3NO4/c1-8(2,3)17-7(15)16-5-4-13-6(14)9(10,11)12/h4-5H2,1-3H3,(H,13,14). The van der Waals surface area contributed by atoms with Gasteiger partial charge in [-0.15, -0.1) is 0 Å². The van der Waals surface area contributed by atoms with Crippen LogP contribution in [0.15, 0.2) is 0 Å². The molecule has 0 rings (SSSR count). The molecule has 8 heteroatoms. The molecule has 0 aromatic heterocycles. The molecule has 0 spiro atoms. The molecule has 100 valence electrons. The summed E-state index contributed by atoms with van der Waals surface area (Å²) in [5, 5.41) is 1.54. The summed E-state index contributed by atoms with van der Waals surface area (Å²) in [6, 6.07) is 0. The highest BCUT2D eigenvalue weighted by Gasteiger charge is 2.38. The van der Waals surface area contributed by atoms with E-state index in [4.69, 9.17) is 4.74 Å². The molecule has 0 aromatic carbocycles. The van der Waals surface area contributed by atoms with Crippen LogP contribution >= 0.6 is 0 Å². The van der Waals surface area contributed by atoms with Crippen molar-refractivity contribution in [1.82, 2.24) is 5.32 Å². The number of hydrogen-bond donors (Lipinski definition) is 1. The first-order valence-corrected chi connectivity index (χ1v) is 4.73. The van der Waals surface area contributed by atoms with Crippen LogP contribution in [0, 0.1) is 0 Å². The van der Waals surface area contributed by atoms with Crippen molar-refractivity contribution in [2.45, 2.75) is 32.5 Å². The molecule has 0 fully saturated rings. The smallest absolute Gasteiger partial charge is 0.432 e. The topological polar surface area (TPSA) is 64.6 Å². The third kappa shape index (κ3) is 8.35. The van der Waals surface area contributed by atoms with Crippen molar-refractivity contribution < 1.29 is 32.2 Å². The molecular formula is C9H14F3NO4. The van der Waals surface area contributed by atoms with Gasteiger partial charge >= 0.3 is 18.2 Å². The van der Waals surface area contributed by atoms with Crippen LogP contribution in [0.4, 0.5) is 18.0 Å². The zero-order valence-corrected chi connectivity index (χ0v) is 9.68. The fourth-order valence-electron chi connectivity index (χ4n) is 0.679. The van der Waals surface area contributed by atoms with Crippen LogP contribution in [0.2, 0.25) is 0 Å². The van der Waals surface area contributed by atoms with Crippen LogP contribution in [-0.2, 0) is 14.3 Å². The zero-order valence-electron chi connectivity index (χ0n) is 9.68. The summed E-state index contributed by atoms with van der Waals surface area (Å²) in [6.45, 7) is 4.01. The van der Waals surface area contributed by atoms with Gasteiger partial charge in [-0.25, -0.2) is 4.79 Å². The van der Waals surface area contributed by atoms with Gasteiger partial charge in [0.1, 0.15) is 12.2 Å². The van der Waals surface area contributed by atoms with E-state index in [-0.39, 0.29) is 0 Å². The minimum atomic E-state index is -4.94. The highest BCUT2D eigenvalue weighted by molar-refractivity contribution is 5.81. The van der Waals surface area contributed by atoms with Crippen molar-refractivity contribution in [2.75, 3.05) is 13.2 Å². The minimum Gasteiger partial charge on any atom is -0.432 e. The minimum absolute atomic E-state index is 0.392. The number of hydrogen-bond acceptors (Lipinski definition) is 4. The number of halogens is 3. The Bertz CT molecular complexity index is 283. The number of rotatable bonds is 3. The second-order valence-corrected chi connectivity index (χ2v) is 4.07. The van der Waals surface area contributed by atoms with E-state index in [9.17, 15) is 22.8 Å². The molecule has 0 aliphatic heterocycles. The van der Waals surface area contributed by atoms with Gasteiger partial charge in [0.15, 0.2) is 0 Å². The van der Waals surface area contributed by atoms with Crippen molar-refractivity contribution in [3.8, 4) is 0 Å². The maximum absolute atomic E-state index is 11.7. The SMILES string of the molecule is CC(C)(C)OC(=O)OCCNC(=O)C(F)(F)F. The van der Waals surface area contributed by atoms with Crippen molar-refractivity contribution in [3.05, 3.63) is 0 Å². The Labute approximate surface area is 96.3 Å². The van der Waals surface area contributed by atoms with Gasteiger partial charge in [0, 0.05) is 0 Å². The van der Waals surface area contributed by atoms with E-state index in [2.05, 4.69) is 4.74 Å². The summed E-state index contributed by atoms with van der Waals surface area (Å²) in [5.74, 6) is -2.08. The first-order valence-electron chi connectivity index (χ1n) is 4.73. The number of amides is 1. The van der Waals surface area contributed by atoms with Gasteiger partial charge in [-0.1, -0.05) is 0 Å². The molecule has 1 amide bonds. The van der Waals surface area contributed by atoms with Crippen LogP contribution in [-0.4, -0.2) is 37.0 Å². The van der Waals surface area contributed by atoms with Crippen molar-refractivity contribution in [3.63, 3.8) is 0 Å². The van der Waals surface area contributed by atoms with Crippen molar-refractivity contribution in [2.24, 2.45) is 0 Å². The monoisotopic (exact) mass is 257 g/mol. The van der Waals surface area contributed by atoms with E-state index in [0.717, 1.165) is 0 Å². The summed E-state index contributed by atoms with van der Waals surface area (Å²) in [6.07, 6.45) is -5.94. The molecule has 0 aliphatic carbocycles. The second kappa shape index (κ2) is 5.74. The van der Waals surface area contributed by atoms with Crippen LogP contribution in [0.3, 0.4) is 0 Å². The van der Waals surface area contributed by atoms with E-state index < -0.39 is 37.0 Å². The van der Waals surface area contributed by atoms with Crippen molar-refractivity contribution in [1.29, 1.82) is 0 Å². The molecule has 5 nitrogen and oxygen atoms in total. The lowest BCUT2D eigenvalue weighted by molar-refractivity contribution is -0.173. The summed E-state index contributed by atoms with van der Waals surface area (Å²) in [4.78, 5) is 21.3. The maximum Gasteiger partial charge on any atom is 0.508 e. The number of alkyl halides is 3. The number of ether oxygens (including phenoxy) is 2. The van der Waals surface area contributed by atoms with Gasteiger partial charge in [-0.2, -0.15) is 13.2 Å². The highest BCUT2D eigenvalue weighted by atomic mass is 19.4. The molecule has 0 bridgehead atoms. The summed E-state index contributed by atoms with van der Waals surface area (Å²) < 4.78 is 44.3. The first-order chi connectivity index (χ1) is 7.52. The predicted molar refractivity (Wildman–Crippen MR) is 51.3 cm³/mol. The largest absolute Gasteiger partial charge is 0.508 e. The third-order valence-electron chi connectivity index (χ3n) is 1.25. The molecule has 0 atom stereocenters. The van der Waals surface area contributed by atoms with Gasteiger partial charge in [-0.05, 0) is 20.8 Å². The highest BCUT2D eigenvalue weighted by Crippen LogP contribution is 2.13. The molecule has 0 heterocycles. The van der Waals surface area contributed by atoms with Crippen LogP contribution in [0.25, 0.3) is 0 Å². The van der Waals surface area contributed by atoms with Gasteiger partial charge < -0.3 is 14.8 Å². The predicted octanol–water partition coefficient (Wildman–Crippen LogP) is 1.62. The average Bonchev–Trinajstić information content (AvgIpc) is 2.07. The normalized spacial score (nSPS) is 11.9. The quantitative estimate of drug-likeness (QED) is 0.616. The van der Waals surface area contributed by atoms with E-state index >= 15 is 0 Å². The Morgan fingerprint density at radius 2 is 1.71 bits per heavy atom. The molecular weight excluding hydrogens is 243 g/mol. The molecule has 0 aromatic rings. The first kappa shape index (κ1) is 15.5. The molecule has 0 unspecified atom stereocenters. The molecule has 0 saturated heterocycles. The zero-order chi connectivity index (χ0) is 13.7. The van der Waals surface area contributed by atoms with E-state index in [1.165, 1.54) is 0 Å². The molecule has 0 aliphatic rings. The lowest BCUT2D eigenvalue weighted by Gasteiger charge is -2.18. The Morgan fingerprint density at radius 1 is 1.18 bits per heavy atom. The Hall–Kier alpha value is -1.47. The Morgan fingerprint density at radius 3 is 2.12 bits per heavy atom. The van der Waals surface area contributed by atoms with Gasteiger partial charge in [0.25, 0.3) is 0 Å². The van der Waals surface area contributed by atoms with E-state index in [1.54, 1.807) is 26.1 Å². The lowest BCUT2D eigenvalue weighted by Crippen LogP contribution is -2.38. The number of carbonyl (C=O) groups is 2. The van der Waals surface area contributed by atoms with E-state index in [0.29, 0.717) is 0 Å². The molecule has 17 heavy (non-hydrogen) atoms. The molecule has 0 saturated carbocycles. The lowest BCUT2D eigenvalue weighted by atomic mass is 10.2. The Kier molecular flexibility index (Phi) is 5.24. The molecule has 0 radical (unpaired) electrons. The second-order valence-electron chi connectivity index (χ2n) is 4.07. The van der Waals surface area contributed by atoms with Gasteiger partial charge in [0.05, 0.1) is 6.54 Å². The maximum atomic E-state index is 11.7. The van der Waals surface area contributed by atoms with E-state index in [1.807, 2.05) is 0 Å². The fourth-order valence-corrected chi connectivity index (χ4v) is 0.679. The average molecular weight is 257 g/mol. The number of carbonyl (C=O) groups excluding carboxylic acids is 2. The summed E-state index contributed by atoms with van der Waals surface area (Å²) >= 11 is 0. The number of nitrogens with one attached hydrogen (secondary N) is 1. The third-order valence-corrected chi connectivity index (χ3v) is 1.25. The van der Waals surface area contributed by atoms with Crippen LogP contribution in [0.1, 0.15) is 20.8 Å². The molecule has 1 N–H and O–H groups in total. The van der Waals surface area contributed by atoms with Crippen molar-refractivity contribution >= 4 is 12.1 Å². The van der Waals surface area contributed by atoms with Crippen LogP contribution < -0.4 is 5.32 Å². The Balaban J connectivity index is 3.73. The van der Waals surface area contributed by atoms with Crippen LogP contribution in [0.5, 0.6) is 0 Å². The van der Waals surface area contributed by atoms with Gasteiger partial charge in [-0.3, -0.25) is 4.79 Å². The van der Waals surface area contributed by atoms with Gasteiger partial charge in [0.2, 0.25) is 0 Å². The fraction of sp³-hybridized carbons (Fsp3) is 0.778. The summed E-state index contributed by atoms with van der Waals surface area (Å²) in [5.41, 5.74) is -0.744.